The van der Waals surface area contributed by atoms with E-state index in [0.29, 0.717) is 11.0 Å². The average Bonchev–Trinajstić information content (AvgIpc) is 1.94. The highest BCUT2D eigenvalue weighted by Gasteiger charge is 2.07. The highest BCUT2D eigenvalue weighted by molar-refractivity contribution is 6.30. The Hall–Kier alpha value is -0.830. The minimum absolute atomic E-state index is 0.262. The minimum Gasteiger partial charge on any atom is -0.382 e. The highest BCUT2D eigenvalue weighted by atomic mass is 35.5. The number of halogens is 1. The summed E-state index contributed by atoms with van der Waals surface area (Å²) < 4.78 is 0. The first-order valence-corrected chi connectivity index (χ1v) is 3.77. The van der Waals surface area contributed by atoms with Crippen molar-refractivity contribution in [2.75, 3.05) is 5.73 Å². The third-order valence-electron chi connectivity index (χ3n) is 1.32. The molecule has 3 nitrogen and oxygen atoms in total. The summed E-state index contributed by atoms with van der Waals surface area (Å²) in [5.74, 6) is 0.677. The van der Waals surface area contributed by atoms with Crippen LogP contribution in [0.3, 0.4) is 0 Å². The molecule has 11 heavy (non-hydrogen) atoms. The van der Waals surface area contributed by atoms with Crippen molar-refractivity contribution < 1.29 is 0 Å². The summed E-state index contributed by atoms with van der Waals surface area (Å²) >= 11 is 5.76. The van der Waals surface area contributed by atoms with E-state index in [2.05, 4.69) is 9.97 Å². The van der Waals surface area contributed by atoms with Crippen LogP contribution < -0.4 is 5.73 Å². The minimum atomic E-state index is 0.262. The van der Waals surface area contributed by atoms with Crippen molar-refractivity contribution in [2.24, 2.45) is 0 Å². The summed E-state index contributed by atoms with van der Waals surface area (Å²) in [5, 5.41) is 0.439. The van der Waals surface area contributed by atoms with Gasteiger partial charge in [0, 0.05) is 0 Å². The number of rotatable bonds is 1. The van der Waals surface area contributed by atoms with Gasteiger partial charge in [-0.2, -0.15) is 0 Å². The van der Waals surface area contributed by atoms with Crippen molar-refractivity contribution in [2.45, 2.75) is 19.8 Å². The molecule has 60 valence electrons. The predicted molar refractivity (Wildman–Crippen MR) is 45.5 cm³/mol. The fourth-order valence-corrected chi connectivity index (χ4v) is 1.08. The van der Waals surface area contributed by atoms with E-state index in [1.807, 2.05) is 13.8 Å². The molecule has 1 aromatic heterocycles. The van der Waals surface area contributed by atoms with Crippen LogP contribution in [0.4, 0.5) is 5.82 Å². The van der Waals surface area contributed by atoms with E-state index in [0.717, 1.165) is 5.69 Å². The van der Waals surface area contributed by atoms with Crippen molar-refractivity contribution in [3.05, 3.63) is 17.0 Å². The number of anilines is 1. The lowest BCUT2D eigenvalue weighted by Gasteiger charge is -2.05. The van der Waals surface area contributed by atoms with Gasteiger partial charge >= 0.3 is 0 Å². The van der Waals surface area contributed by atoms with Crippen LogP contribution >= 0.6 is 11.6 Å². The molecule has 0 amide bonds. The quantitative estimate of drug-likeness (QED) is 0.702. The molecule has 0 unspecified atom stereocenters. The molecular weight excluding hydrogens is 162 g/mol. The Morgan fingerprint density at radius 1 is 1.55 bits per heavy atom. The summed E-state index contributed by atoms with van der Waals surface area (Å²) in [6, 6.07) is 0. The van der Waals surface area contributed by atoms with Gasteiger partial charge in [-0.05, 0) is 5.92 Å². The second-order valence-electron chi connectivity index (χ2n) is 2.63. The third kappa shape index (κ3) is 1.80. The Labute approximate surface area is 70.6 Å². The maximum Gasteiger partial charge on any atom is 0.150 e. The topological polar surface area (TPSA) is 51.8 Å². The van der Waals surface area contributed by atoms with E-state index < -0.39 is 0 Å². The molecule has 1 aromatic rings. The monoisotopic (exact) mass is 171 g/mol. The van der Waals surface area contributed by atoms with Crippen LogP contribution in [0.2, 0.25) is 5.15 Å². The lowest BCUT2D eigenvalue weighted by molar-refractivity contribution is 0.815. The molecule has 0 aliphatic carbocycles. The van der Waals surface area contributed by atoms with Gasteiger partial charge in [0.05, 0.1) is 11.9 Å². The van der Waals surface area contributed by atoms with Crippen molar-refractivity contribution in [3.8, 4) is 0 Å². The standard InChI is InChI=1S/C7H10ClN3/c1-4(2)6-7(8)10-3-5(9)11-6/h3-4H,1-2H3,(H2,9,11). The van der Waals surface area contributed by atoms with Gasteiger partial charge in [-0.1, -0.05) is 25.4 Å². The first-order chi connectivity index (χ1) is 5.11. The van der Waals surface area contributed by atoms with Crippen LogP contribution in [0.1, 0.15) is 25.5 Å². The largest absolute Gasteiger partial charge is 0.382 e. The van der Waals surface area contributed by atoms with Crippen molar-refractivity contribution >= 4 is 17.4 Å². The van der Waals surface area contributed by atoms with Crippen LogP contribution in [-0.2, 0) is 0 Å². The maximum absolute atomic E-state index is 5.76. The molecule has 0 spiro atoms. The number of hydrogen-bond acceptors (Lipinski definition) is 3. The van der Waals surface area contributed by atoms with Gasteiger partial charge in [0.1, 0.15) is 5.82 Å². The fraction of sp³-hybridized carbons (Fsp3) is 0.429. The molecule has 0 aliphatic heterocycles. The van der Waals surface area contributed by atoms with E-state index in [4.69, 9.17) is 17.3 Å². The molecule has 0 fully saturated rings. The number of nitrogens with two attached hydrogens (primary N) is 1. The molecular formula is C7H10ClN3. The van der Waals surface area contributed by atoms with E-state index in [1.165, 1.54) is 6.20 Å². The fourth-order valence-electron chi connectivity index (χ4n) is 0.770. The van der Waals surface area contributed by atoms with Crippen molar-refractivity contribution in [1.29, 1.82) is 0 Å². The number of hydrogen-bond donors (Lipinski definition) is 1. The predicted octanol–water partition coefficient (Wildman–Crippen LogP) is 1.84. The van der Waals surface area contributed by atoms with E-state index in [1.54, 1.807) is 0 Å². The number of nitrogen functional groups attached to an aromatic ring is 1. The van der Waals surface area contributed by atoms with Crippen LogP contribution in [0, 0.1) is 0 Å². The van der Waals surface area contributed by atoms with E-state index >= 15 is 0 Å². The van der Waals surface area contributed by atoms with Gasteiger partial charge in [-0.15, -0.1) is 0 Å². The van der Waals surface area contributed by atoms with Gasteiger partial charge in [0.15, 0.2) is 5.15 Å². The maximum atomic E-state index is 5.76. The highest BCUT2D eigenvalue weighted by Crippen LogP contribution is 2.19. The summed E-state index contributed by atoms with van der Waals surface area (Å²) in [6.45, 7) is 3.99. The zero-order valence-electron chi connectivity index (χ0n) is 6.50. The van der Waals surface area contributed by atoms with Crippen LogP contribution in [-0.4, -0.2) is 9.97 Å². The molecule has 0 atom stereocenters. The molecule has 1 rings (SSSR count). The zero-order valence-corrected chi connectivity index (χ0v) is 7.26. The SMILES string of the molecule is CC(C)c1nc(N)cnc1Cl. The molecule has 0 saturated carbocycles. The van der Waals surface area contributed by atoms with Gasteiger partial charge in [0.25, 0.3) is 0 Å². The van der Waals surface area contributed by atoms with Crippen LogP contribution in [0.5, 0.6) is 0 Å². The lowest BCUT2D eigenvalue weighted by Crippen LogP contribution is -2.00. The Morgan fingerprint density at radius 3 is 2.64 bits per heavy atom. The van der Waals surface area contributed by atoms with E-state index in [-0.39, 0.29) is 5.92 Å². The normalized spacial score (nSPS) is 10.5. The molecule has 0 radical (unpaired) electrons. The first-order valence-electron chi connectivity index (χ1n) is 3.39. The van der Waals surface area contributed by atoms with Crippen molar-refractivity contribution in [3.63, 3.8) is 0 Å². The second kappa shape index (κ2) is 3.05. The summed E-state index contributed by atoms with van der Waals surface area (Å²) in [6.07, 6.45) is 1.45. The Balaban J connectivity index is 3.13. The second-order valence-corrected chi connectivity index (χ2v) is 2.98. The lowest BCUT2D eigenvalue weighted by atomic mass is 10.1. The molecule has 2 N–H and O–H groups in total. The van der Waals surface area contributed by atoms with Gasteiger partial charge in [-0.3, -0.25) is 0 Å². The van der Waals surface area contributed by atoms with E-state index in [9.17, 15) is 0 Å². The molecule has 1 heterocycles. The molecule has 0 saturated heterocycles. The Kier molecular flexibility index (Phi) is 2.29. The van der Waals surface area contributed by atoms with Gasteiger partial charge < -0.3 is 5.73 Å². The molecule has 0 bridgehead atoms. The van der Waals surface area contributed by atoms with Crippen LogP contribution in [0.15, 0.2) is 6.20 Å². The smallest absolute Gasteiger partial charge is 0.150 e. The third-order valence-corrected chi connectivity index (χ3v) is 1.61. The van der Waals surface area contributed by atoms with Crippen LogP contribution in [0.25, 0.3) is 0 Å². The average molecular weight is 172 g/mol. The summed E-state index contributed by atoms with van der Waals surface area (Å²) in [5.41, 5.74) is 6.19. The molecule has 0 aromatic carbocycles. The van der Waals surface area contributed by atoms with Gasteiger partial charge in [-0.25, -0.2) is 9.97 Å². The molecule has 0 aliphatic rings. The molecule has 4 heteroatoms. The number of nitrogens with zero attached hydrogens (tertiary/aromatic N) is 2. The Bertz CT molecular complexity index is 260. The number of aromatic nitrogens is 2. The summed E-state index contributed by atoms with van der Waals surface area (Å²) in [7, 11) is 0. The first kappa shape index (κ1) is 8.27. The summed E-state index contributed by atoms with van der Waals surface area (Å²) in [4.78, 5) is 7.93. The Morgan fingerprint density at radius 2 is 2.18 bits per heavy atom. The van der Waals surface area contributed by atoms with Crippen molar-refractivity contribution in [1.82, 2.24) is 9.97 Å². The van der Waals surface area contributed by atoms with Gasteiger partial charge in [0.2, 0.25) is 0 Å². The zero-order chi connectivity index (χ0) is 8.43.